The summed E-state index contributed by atoms with van der Waals surface area (Å²) in [6.45, 7) is 1.64. The standard InChI is InChI=1S/C11H11F3O5S/c1-2-19-9(10(15)16)7-3-5-8(6-4-7)20(17,18)11(12,13)14/h3-6,9H,2H2,1H3,(H,15,16)/t9-/m1/s1. The van der Waals surface area contributed by atoms with Gasteiger partial charge in [-0.2, -0.15) is 13.2 Å². The van der Waals surface area contributed by atoms with Crippen LogP contribution in [0.5, 0.6) is 0 Å². The second-order valence-electron chi connectivity index (χ2n) is 3.69. The Balaban J connectivity index is 3.15. The number of benzene rings is 1. The molecule has 0 saturated heterocycles. The number of hydrogen-bond acceptors (Lipinski definition) is 4. The van der Waals surface area contributed by atoms with Crippen LogP contribution in [0.4, 0.5) is 13.2 Å². The molecule has 112 valence electrons. The lowest BCUT2D eigenvalue weighted by Gasteiger charge is -2.13. The van der Waals surface area contributed by atoms with E-state index in [1.807, 2.05) is 0 Å². The number of carboxylic acid groups (broad SMARTS) is 1. The van der Waals surface area contributed by atoms with Crippen molar-refractivity contribution in [1.29, 1.82) is 0 Å². The topological polar surface area (TPSA) is 80.7 Å². The first-order valence-corrected chi connectivity index (χ1v) is 6.85. The highest BCUT2D eigenvalue weighted by Gasteiger charge is 2.46. The quantitative estimate of drug-likeness (QED) is 0.901. The van der Waals surface area contributed by atoms with Crippen molar-refractivity contribution in [2.45, 2.75) is 23.4 Å². The van der Waals surface area contributed by atoms with Crippen LogP contribution in [-0.4, -0.2) is 31.6 Å². The molecule has 1 aromatic rings. The second kappa shape index (κ2) is 5.80. The molecule has 0 aliphatic rings. The molecule has 0 aliphatic carbocycles. The van der Waals surface area contributed by atoms with Gasteiger partial charge in [-0.05, 0) is 24.6 Å². The Bertz CT molecular complexity index is 577. The van der Waals surface area contributed by atoms with Crippen molar-refractivity contribution in [2.75, 3.05) is 6.61 Å². The molecular weight excluding hydrogens is 301 g/mol. The maximum Gasteiger partial charge on any atom is 0.501 e. The number of halogens is 3. The molecule has 0 unspecified atom stereocenters. The van der Waals surface area contributed by atoms with E-state index in [9.17, 15) is 26.4 Å². The van der Waals surface area contributed by atoms with Gasteiger partial charge in [0, 0.05) is 6.61 Å². The molecule has 0 spiro atoms. The van der Waals surface area contributed by atoms with Gasteiger partial charge in [0.1, 0.15) is 0 Å². The van der Waals surface area contributed by atoms with Crippen molar-refractivity contribution in [1.82, 2.24) is 0 Å². The van der Waals surface area contributed by atoms with E-state index in [2.05, 4.69) is 0 Å². The minimum Gasteiger partial charge on any atom is -0.479 e. The Hall–Kier alpha value is -1.61. The zero-order valence-electron chi connectivity index (χ0n) is 10.2. The minimum atomic E-state index is -5.44. The van der Waals surface area contributed by atoms with Gasteiger partial charge in [-0.25, -0.2) is 13.2 Å². The Morgan fingerprint density at radius 1 is 1.30 bits per heavy atom. The average molecular weight is 312 g/mol. The zero-order valence-corrected chi connectivity index (χ0v) is 11.0. The van der Waals surface area contributed by atoms with E-state index >= 15 is 0 Å². The van der Waals surface area contributed by atoms with Crippen molar-refractivity contribution in [3.05, 3.63) is 29.8 Å². The first-order valence-electron chi connectivity index (χ1n) is 5.37. The predicted molar refractivity (Wildman–Crippen MR) is 61.7 cm³/mol. The SMILES string of the molecule is CCO[C@@H](C(=O)O)c1ccc(S(=O)(=O)C(F)(F)F)cc1. The molecule has 0 amide bonds. The lowest BCUT2D eigenvalue weighted by molar-refractivity contribution is -0.150. The number of carboxylic acids is 1. The fourth-order valence-corrected chi connectivity index (χ4v) is 2.19. The third kappa shape index (κ3) is 3.28. The van der Waals surface area contributed by atoms with E-state index in [1.165, 1.54) is 0 Å². The summed E-state index contributed by atoms with van der Waals surface area (Å²) in [6, 6.07) is 3.36. The summed E-state index contributed by atoms with van der Waals surface area (Å²) in [5.74, 6) is -1.32. The number of hydrogen-bond donors (Lipinski definition) is 1. The lowest BCUT2D eigenvalue weighted by atomic mass is 10.1. The Kier molecular flexibility index (Phi) is 4.77. The maximum absolute atomic E-state index is 12.3. The predicted octanol–water partition coefficient (Wildman–Crippen LogP) is 2.14. The molecule has 5 nitrogen and oxygen atoms in total. The fourth-order valence-electron chi connectivity index (χ4n) is 1.43. The zero-order chi connectivity index (χ0) is 15.6. The van der Waals surface area contributed by atoms with Crippen LogP contribution in [0.2, 0.25) is 0 Å². The monoisotopic (exact) mass is 312 g/mol. The van der Waals surface area contributed by atoms with Crippen LogP contribution in [0.25, 0.3) is 0 Å². The summed E-state index contributed by atoms with van der Waals surface area (Å²) < 4.78 is 64.1. The van der Waals surface area contributed by atoms with Crippen molar-refractivity contribution < 1.29 is 36.2 Å². The molecule has 0 fully saturated rings. The van der Waals surface area contributed by atoms with Crippen molar-refractivity contribution in [3.8, 4) is 0 Å². The molecule has 0 aromatic heterocycles. The van der Waals surface area contributed by atoms with E-state index < -0.39 is 32.3 Å². The van der Waals surface area contributed by atoms with Gasteiger partial charge in [0.15, 0.2) is 6.10 Å². The van der Waals surface area contributed by atoms with Crippen molar-refractivity contribution in [3.63, 3.8) is 0 Å². The summed E-state index contributed by atoms with van der Waals surface area (Å²) in [6.07, 6.45) is -1.36. The molecule has 1 atom stereocenters. The molecule has 1 N–H and O–H groups in total. The second-order valence-corrected chi connectivity index (χ2v) is 5.63. The highest BCUT2D eigenvalue weighted by Crippen LogP contribution is 2.31. The maximum atomic E-state index is 12.3. The summed E-state index contributed by atoms with van der Waals surface area (Å²) >= 11 is 0. The molecule has 0 bridgehead atoms. The third-order valence-corrected chi connectivity index (χ3v) is 3.86. The van der Waals surface area contributed by atoms with Gasteiger partial charge < -0.3 is 9.84 Å². The molecule has 20 heavy (non-hydrogen) atoms. The number of aliphatic carboxylic acids is 1. The van der Waals surface area contributed by atoms with Gasteiger partial charge in [-0.1, -0.05) is 12.1 Å². The molecule has 0 saturated carbocycles. The van der Waals surface area contributed by atoms with E-state index in [-0.39, 0.29) is 12.2 Å². The van der Waals surface area contributed by atoms with E-state index in [0.29, 0.717) is 12.1 Å². The smallest absolute Gasteiger partial charge is 0.479 e. The van der Waals surface area contributed by atoms with Gasteiger partial charge >= 0.3 is 11.5 Å². The first kappa shape index (κ1) is 16.4. The van der Waals surface area contributed by atoms with Crippen LogP contribution >= 0.6 is 0 Å². The van der Waals surface area contributed by atoms with E-state index in [0.717, 1.165) is 12.1 Å². The summed E-state index contributed by atoms with van der Waals surface area (Å²) in [5.41, 5.74) is -5.35. The summed E-state index contributed by atoms with van der Waals surface area (Å²) in [5, 5.41) is 8.89. The number of alkyl halides is 3. The van der Waals surface area contributed by atoms with Gasteiger partial charge in [-0.3, -0.25) is 0 Å². The highest BCUT2D eigenvalue weighted by atomic mass is 32.2. The Morgan fingerprint density at radius 2 is 1.80 bits per heavy atom. The molecule has 1 aromatic carbocycles. The molecule has 9 heteroatoms. The largest absolute Gasteiger partial charge is 0.501 e. The van der Waals surface area contributed by atoms with Gasteiger partial charge in [-0.15, -0.1) is 0 Å². The van der Waals surface area contributed by atoms with Gasteiger partial charge in [0.05, 0.1) is 4.90 Å². The van der Waals surface area contributed by atoms with E-state index in [1.54, 1.807) is 6.92 Å². The van der Waals surface area contributed by atoms with Crippen molar-refractivity contribution in [2.24, 2.45) is 0 Å². The van der Waals surface area contributed by atoms with Crippen LogP contribution in [0, 0.1) is 0 Å². The first-order chi connectivity index (χ1) is 9.11. The van der Waals surface area contributed by atoms with Crippen LogP contribution in [0.3, 0.4) is 0 Å². The average Bonchev–Trinajstić information content (AvgIpc) is 2.34. The molecule has 0 heterocycles. The van der Waals surface area contributed by atoms with Crippen LogP contribution < -0.4 is 0 Å². The number of sulfone groups is 1. The van der Waals surface area contributed by atoms with Crippen LogP contribution in [0.1, 0.15) is 18.6 Å². The number of rotatable bonds is 5. The number of carbonyl (C=O) groups is 1. The van der Waals surface area contributed by atoms with E-state index in [4.69, 9.17) is 9.84 Å². The molecule has 0 radical (unpaired) electrons. The van der Waals surface area contributed by atoms with Gasteiger partial charge in [0.25, 0.3) is 9.84 Å². The third-order valence-electron chi connectivity index (χ3n) is 2.36. The lowest BCUT2D eigenvalue weighted by Crippen LogP contribution is -2.23. The summed E-state index contributed by atoms with van der Waals surface area (Å²) in [7, 11) is -5.44. The normalized spacial score (nSPS) is 14.0. The number of ether oxygens (including phenoxy) is 1. The van der Waals surface area contributed by atoms with Crippen LogP contribution in [-0.2, 0) is 19.4 Å². The van der Waals surface area contributed by atoms with Gasteiger partial charge in [0.2, 0.25) is 0 Å². The Morgan fingerprint density at radius 3 is 2.15 bits per heavy atom. The fraction of sp³-hybridized carbons (Fsp3) is 0.364. The summed E-state index contributed by atoms with van der Waals surface area (Å²) in [4.78, 5) is 9.96. The molecular formula is C11H11F3O5S. The molecule has 0 aliphatic heterocycles. The van der Waals surface area contributed by atoms with Crippen molar-refractivity contribution >= 4 is 15.8 Å². The molecule has 1 rings (SSSR count). The van der Waals surface area contributed by atoms with Crippen LogP contribution in [0.15, 0.2) is 29.2 Å². The highest BCUT2D eigenvalue weighted by molar-refractivity contribution is 7.92. The minimum absolute atomic E-state index is 0.0560. The Labute approximate surface area is 112 Å².